The molecular weight excluding hydrogens is 208 g/mol. The highest BCUT2D eigenvalue weighted by molar-refractivity contribution is 5.06. The van der Waals surface area contributed by atoms with Crippen LogP contribution in [-0.2, 0) is 0 Å². The first-order valence-corrected chi connectivity index (χ1v) is 7.80. The van der Waals surface area contributed by atoms with Gasteiger partial charge >= 0.3 is 0 Å². The molecule has 1 aliphatic heterocycles. The van der Waals surface area contributed by atoms with Crippen molar-refractivity contribution in [1.82, 2.24) is 10.6 Å². The van der Waals surface area contributed by atoms with Crippen molar-refractivity contribution < 1.29 is 0 Å². The molecule has 0 amide bonds. The maximum atomic E-state index is 4.01. The summed E-state index contributed by atoms with van der Waals surface area (Å²) in [5, 5.41) is 7.63. The lowest BCUT2D eigenvalue weighted by molar-refractivity contribution is -0.0203. The molecule has 2 heteroatoms. The van der Waals surface area contributed by atoms with Crippen molar-refractivity contribution in [3.8, 4) is 0 Å². The molecule has 0 aromatic heterocycles. The molecule has 1 saturated heterocycles. The molecule has 2 N–H and O–H groups in total. The second-order valence-electron chi connectivity index (χ2n) is 7.37. The average molecular weight is 234 g/mol. The smallest absolute Gasteiger partial charge is 0.0193 e. The fourth-order valence-corrected chi connectivity index (χ4v) is 5.60. The Bertz CT molecular complexity index is 258. The Morgan fingerprint density at radius 1 is 1.00 bits per heavy atom. The largest absolute Gasteiger partial charge is 0.313 e. The van der Waals surface area contributed by atoms with Crippen molar-refractivity contribution in [2.24, 2.45) is 17.8 Å². The van der Waals surface area contributed by atoms with E-state index in [-0.39, 0.29) is 0 Å². The molecule has 0 radical (unpaired) electrons. The molecule has 5 rings (SSSR count). The summed E-state index contributed by atoms with van der Waals surface area (Å²) in [4.78, 5) is 0. The topological polar surface area (TPSA) is 24.1 Å². The van der Waals surface area contributed by atoms with Crippen LogP contribution < -0.4 is 10.6 Å². The van der Waals surface area contributed by atoms with Gasteiger partial charge in [-0.05, 0) is 75.7 Å². The molecule has 0 spiro atoms. The zero-order chi connectivity index (χ0) is 11.3. The van der Waals surface area contributed by atoms with Crippen LogP contribution in [0, 0.1) is 17.8 Å². The molecule has 1 heterocycles. The zero-order valence-corrected chi connectivity index (χ0v) is 10.9. The van der Waals surface area contributed by atoms with E-state index in [0.29, 0.717) is 5.54 Å². The molecule has 5 fully saturated rings. The quantitative estimate of drug-likeness (QED) is 0.783. The van der Waals surface area contributed by atoms with Crippen molar-refractivity contribution in [3.05, 3.63) is 0 Å². The number of hydrogen-bond acceptors (Lipinski definition) is 2. The summed E-state index contributed by atoms with van der Waals surface area (Å²) < 4.78 is 0. The van der Waals surface area contributed by atoms with Gasteiger partial charge in [0, 0.05) is 18.1 Å². The second-order valence-corrected chi connectivity index (χ2v) is 7.37. The van der Waals surface area contributed by atoms with E-state index in [1.54, 1.807) is 19.3 Å². The molecule has 4 saturated carbocycles. The number of hydrogen-bond donors (Lipinski definition) is 2. The molecule has 4 aliphatic carbocycles. The molecule has 0 aromatic carbocycles. The van der Waals surface area contributed by atoms with Crippen molar-refractivity contribution in [1.29, 1.82) is 0 Å². The molecule has 0 aromatic rings. The first-order valence-electron chi connectivity index (χ1n) is 7.80. The molecule has 1 atom stereocenters. The maximum absolute atomic E-state index is 4.01. The third-order valence-electron chi connectivity index (χ3n) is 5.92. The fourth-order valence-electron chi connectivity index (χ4n) is 5.60. The van der Waals surface area contributed by atoms with E-state index < -0.39 is 0 Å². The summed E-state index contributed by atoms with van der Waals surface area (Å²) in [6.07, 6.45) is 11.9. The molecule has 2 nitrogen and oxygen atoms in total. The highest BCUT2D eigenvalue weighted by Gasteiger charge is 2.50. The van der Waals surface area contributed by atoms with Gasteiger partial charge in [-0.1, -0.05) is 0 Å². The molecule has 1 unspecified atom stereocenters. The van der Waals surface area contributed by atoms with Gasteiger partial charge in [-0.3, -0.25) is 0 Å². The van der Waals surface area contributed by atoms with E-state index in [9.17, 15) is 0 Å². The van der Waals surface area contributed by atoms with Gasteiger partial charge in [0.25, 0.3) is 0 Å². The summed E-state index contributed by atoms with van der Waals surface area (Å²) in [6.45, 7) is 2.47. The number of rotatable bonds is 3. The maximum Gasteiger partial charge on any atom is 0.0193 e. The zero-order valence-electron chi connectivity index (χ0n) is 10.9. The van der Waals surface area contributed by atoms with Crippen LogP contribution >= 0.6 is 0 Å². The lowest BCUT2D eigenvalue weighted by Gasteiger charge is -2.57. The Morgan fingerprint density at radius 3 is 2.18 bits per heavy atom. The van der Waals surface area contributed by atoms with Crippen LogP contribution in [0.1, 0.15) is 51.4 Å². The van der Waals surface area contributed by atoms with Crippen LogP contribution in [0.2, 0.25) is 0 Å². The third-order valence-corrected chi connectivity index (χ3v) is 5.92. The molecule has 5 aliphatic rings. The van der Waals surface area contributed by atoms with Gasteiger partial charge in [0.2, 0.25) is 0 Å². The minimum Gasteiger partial charge on any atom is -0.313 e. The normalized spacial score (nSPS) is 52.2. The second kappa shape index (κ2) is 3.96. The molecule has 4 bridgehead atoms. The van der Waals surface area contributed by atoms with E-state index in [2.05, 4.69) is 10.6 Å². The Labute approximate surface area is 105 Å². The third kappa shape index (κ3) is 1.94. The van der Waals surface area contributed by atoms with Crippen LogP contribution in [0.4, 0.5) is 0 Å². The van der Waals surface area contributed by atoms with Gasteiger partial charge in [-0.15, -0.1) is 0 Å². The SMILES string of the molecule is C1CNC(CNC23CC4CC(CC(C4)C2)C3)C1. The standard InChI is InChI=1S/C15H26N2/c1-2-14(16-3-1)10-17-15-7-11-4-12(8-15)6-13(5-11)9-15/h11-14,16-17H,1-10H2. The predicted octanol–water partition coefficient (Wildman–Crippen LogP) is 2.30. The van der Waals surface area contributed by atoms with E-state index in [0.717, 1.165) is 23.8 Å². The van der Waals surface area contributed by atoms with Crippen LogP contribution in [0.25, 0.3) is 0 Å². The Balaban J connectivity index is 1.42. The summed E-state index contributed by atoms with van der Waals surface area (Å²) >= 11 is 0. The van der Waals surface area contributed by atoms with Gasteiger partial charge in [0.15, 0.2) is 0 Å². The highest BCUT2D eigenvalue weighted by Crippen LogP contribution is 2.55. The lowest BCUT2D eigenvalue weighted by Crippen LogP contribution is -2.60. The lowest BCUT2D eigenvalue weighted by atomic mass is 9.53. The van der Waals surface area contributed by atoms with Crippen LogP contribution in [0.5, 0.6) is 0 Å². The summed E-state index contributed by atoms with van der Waals surface area (Å²) in [6, 6.07) is 0.767. The molecule has 17 heavy (non-hydrogen) atoms. The molecule has 96 valence electrons. The van der Waals surface area contributed by atoms with Gasteiger partial charge in [-0.25, -0.2) is 0 Å². The monoisotopic (exact) mass is 234 g/mol. The predicted molar refractivity (Wildman–Crippen MR) is 69.9 cm³/mol. The van der Waals surface area contributed by atoms with E-state index >= 15 is 0 Å². The van der Waals surface area contributed by atoms with E-state index in [4.69, 9.17) is 0 Å². The van der Waals surface area contributed by atoms with Gasteiger partial charge in [-0.2, -0.15) is 0 Å². The average Bonchev–Trinajstić information content (AvgIpc) is 2.77. The van der Waals surface area contributed by atoms with Gasteiger partial charge < -0.3 is 10.6 Å². The van der Waals surface area contributed by atoms with Crippen molar-refractivity contribution in [2.45, 2.75) is 62.9 Å². The first kappa shape index (κ1) is 10.8. The first-order chi connectivity index (χ1) is 8.31. The van der Waals surface area contributed by atoms with Gasteiger partial charge in [0.1, 0.15) is 0 Å². The highest BCUT2D eigenvalue weighted by atomic mass is 15.1. The van der Waals surface area contributed by atoms with E-state index in [1.165, 1.54) is 45.2 Å². The molecular formula is C15H26N2. The summed E-state index contributed by atoms with van der Waals surface area (Å²) in [7, 11) is 0. The summed E-state index contributed by atoms with van der Waals surface area (Å²) in [5.74, 6) is 3.22. The van der Waals surface area contributed by atoms with Crippen LogP contribution in [-0.4, -0.2) is 24.7 Å². The van der Waals surface area contributed by atoms with Crippen molar-refractivity contribution in [3.63, 3.8) is 0 Å². The minimum atomic E-state index is 0.568. The number of nitrogens with one attached hydrogen (secondary N) is 2. The van der Waals surface area contributed by atoms with Crippen molar-refractivity contribution in [2.75, 3.05) is 13.1 Å². The minimum absolute atomic E-state index is 0.568. The Kier molecular flexibility index (Phi) is 2.52. The van der Waals surface area contributed by atoms with Crippen LogP contribution in [0.15, 0.2) is 0 Å². The van der Waals surface area contributed by atoms with E-state index in [1.807, 2.05) is 0 Å². The van der Waals surface area contributed by atoms with Crippen LogP contribution in [0.3, 0.4) is 0 Å². The van der Waals surface area contributed by atoms with Gasteiger partial charge in [0.05, 0.1) is 0 Å². The Hall–Kier alpha value is -0.0800. The fraction of sp³-hybridized carbons (Fsp3) is 1.00. The summed E-state index contributed by atoms with van der Waals surface area (Å²) in [5.41, 5.74) is 0.568. The van der Waals surface area contributed by atoms with Crippen molar-refractivity contribution >= 4 is 0 Å². The Morgan fingerprint density at radius 2 is 1.65 bits per heavy atom.